The lowest BCUT2D eigenvalue weighted by molar-refractivity contribution is -0.148. The Labute approximate surface area is 121 Å². The highest BCUT2D eigenvalue weighted by Gasteiger charge is 2.45. The van der Waals surface area contributed by atoms with Gasteiger partial charge in [0, 0.05) is 19.5 Å². The van der Waals surface area contributed by atoms with Crippen molar-refractivity contribution < 1.29 is 24.3 Å². The van der Waals surface area contributed by atoms with Crippen molar-refractivity contribution in [2.24, 2.45) is 5.41 Å². The highest BCUT2D eigenvalue weighted by atomic mass is 16.4. The minimum atomic E-state index is -0.902. The quantitative estimate of drug-likeness (QED) is 0.618. The van der Waals surface area contributed by atoms with Crippen molar-refractivity contribution >= 4 is 23.8 Å². The maximum Gasteiger partial charge on any atom is 0.318 e. The predicted molar refractivity (Wildman–Crippen MR) is 71.3 cm³/mol. The molecule has 21 heavy (non-hydrogen) atoms. The molecule has 0 aliphatic carbocycles. The van der Waals surface area contributed by atoms with Gasteiger partial charge in [-0.05, 0) is 19.3 Å². The fourth-order valence-electron chi connectivity index (χ4n) is 2.73. The molecule has 0 aromatic rings. The van der Waals surface area contributed by atoms with Crippen LogP contribution in [0.4, 0.5) is 4.79 Å². The van der Waals surface area contributed by atoms with Gasteiger partial charge in [0.25, 0.3) is 0 Å². The van der Waals surface area contributed by atoms with Crippen LogP contribution in [-0.2, 0) is 14.4 Å². The zero-order valence-corrected chi connectivity index (χ0v) is 11.8. The normalized spacial score (nSPS) is 29.2. The molecule has 8 nitrogen and oxygen atoms in total. The SMILES string of the molecule is CCC1(C(=O)O)CCN(C(=O)NC2CCC(=O)NC2=O)C1. The maximum atomic E-state index is 12.1. The Morgan fingerprint density at radius 3 is 2.71 bits per heavy atom. The molecule has 2 unspecified atom stereocenters. The topological polar surface area (TPSA) is 116 Å². The van der Waals surface area contributed by atoms with Crippen LogP contribution in [0.3, 0.4) is 0 Å². The van der Waals surface area contributed by atoms with Gasteiger partial charge in [-0.2, -0.15) is 0 Å². The van der Waals surface area contributed by atoms with Gasteiger partial charge in [-0.3, -0.25) is 19.7 Å². The third-order valence-electron chi connectivity index (χ3n) is 4.31. The standard InChI is InChI=1S/C13H19N3O5/c1-2-13(11(19)20)5-6-16(7-13)12(21)14-8-3-4-9(17)15-10(8)18/h8H,2-7H2,1H3,(H,14,21)(H,19,20)(H,15,17,18). The van der Waals surface area contributed by atoms with Crippen LogP contribution in [0.2, 0.25) is 0 Å². The Kier molecular flexibility index (Phi) is 4.15. The molecular weight excluding hydrogens is 278 g/mol. The molecule has 4 amide bonds. The van der Waals surface area contributed by atoms with Gasteiger partial charge >= 0.3 is 12.0 Å². The molecule has 8 heteroatoms. The van der Waals surface area contributed by atoms with Crippen molar-refractivity contribution in [2.45, 2.75) is 38.6 Å². The Hall–Kier alpha value is -2.12. The molecule has 0 radical (unpaired) electrons. The smallest absolute Gasteiger partial charge is 0.318 e. The zero-order chi connectivity index (χ0) is 15.6. The number of likely N-dealkylation sites (tertiary alicyclic amines) is 1. The van der Waals surface area contributed by atoms with E-state index in [2.05, 4.69) is 10.6 Å². The Morgan fingerprint density at radius 1 is 1.48 bits per heavy atom. The molecule has 0 aromatic carbocycles. The average Bonchev–Trinajstić information content (AvgIpc) is 2.88. The average molecular weight is 297 g/mol. The number of carboxylic acid groups (broad SMARTS) is 1. The van der Waals surface area contributed by atoms with Crippen LogP contribution in [0, 0.1) is 5.41 Å². The second kappa shape index (κ2) is 5.71. The molecule has 2 aliphatic heterocycles. The first-order chi connectivity index (χ1) is 9.88. The van der Waals surface area contributed by atoms with Crippen molar-refractivity contribution in [1.29, 1.82) is 0 Å². The largest absolute Gasteiger partial charge is 0.481 e. The summed E-state index contributed by atoms with van der Waals surface area (Å²) in [5.41, 5.74) is -0.901. The number of urea groups is 1. The molecule has 116 valence electrons. The minimum Gasteiger partial charge on any atom is -0.481 e. The molecule has 0 saturated carbocycles. The molecule has 2 rings (SSSR count). The van der Waals surface area contributed by atoms with E-state index in [0.717, 1.165) is 0 Å². The van der Waals surface area contributed by atoms with Crippen LogP contribution in [-0.4, -0.2) is 53.0 Å². The van der Waals surface area contributed by atoms with Crippen molar-refractivity contribution in [2.75, 3.05) is 13.1 Å². The summed E-state index contributed by atoms with van der Waals surface area (Å²) in [6, 6.07) is -1.20. The van der Waals surface area contributed by atoms with E-state index in [-0.39, 0.29) is 25.3 Å². The number of hydrogen-bond donors (Lipinski definition) is 3. The molecule has 2 atom stereocenters. The lowest BCUT2D eigenvalue weighted by Gasteiger charge is -2.26. The summed E-state index contributed by atoms with van der Waals surface area (Å²) in [7, 11) is 0. The van der Waals surface area contributed by atoms with E-state index in [1.54, 1.807) is 6.92 Å². The number of carboxylic acids is 1. The lowest BCUT2D eigenvalue weighted by Crippen LogP contribution is -2.55. The van der Waals surface area contributed by atoms with E-state index in [9.17, 15) is 24.3 Å². The fraction of sp³-hybridized carbons (Fsp3) is 0.692. The van der Waals surface area contributed by atoms with E-state index >= 15 is 0 Å². The van der Waals surface area contributed by atoms with E-state index in [4.69, 9.17) is 0 Å². The van der Waals surface area contributed by atoms with Gasteiger partial charge in [0.15, 0.2) is 0 Å². The van der Waals surface area contributed by atoms with Gasteiger partial charge in [0.1, 0.15) is 6.04 Å². The molecular formula is C13H19N3O5. The summed E-state index contributed by atoms with van der Waals surface area (Å²) in [5.74, 6) is -1.76. The van der Waals surface area contributed by atoms with E-state index < -0.39 is 29.4 Å². The van der Waals surface area contributed by atoms with Crippen molar-refractivity contribution in [1.82, 2.24) is 15.5 Å². The monoisotopic (exact) mass is 297 g/mol. The van der Waals surface area contributed by atoms with E-state index in [1.165, 1.54) is 4.90 Å². The summed E-state index contributed by atoms with van der Waals surface area (Å²) in [6.07, 6.45) is 1.30. The minimum absolute atomic E-state index is 0.137. The fourth-order valence-corrected chi connectivity index (χ4v) is 2.73. The molecule has 0 aromatic heterocycles. The third kappa shape index (κ3) is 2.98. The van der Waals surface area contributed by atoms with Crippen molar-refractivity contribution in [3.63, 3.8) is 0 Å². The molecule has 2 aliphatic rings. The molecule has 2 fully saturated rings. The van der Waals surface area contributed by atoms with Gasteiger partial charge in [-0.1, -0.05) is 6.92 Å². The van der Waals surface area contributed by atoms with Gasteiger partial charge < -0.3 is 15.3 Å². The molecule has 3 N–H and O–H groups in total. The van der Waals surface area contributed by atoms with Gasteiger partial charge in [-0.25, -0.2) is 4.79 Å². The summed E-state index contributed by atoms with van der Waals surface area (Å²) in [6.45, 7) is 2.27. The first-order valence-corrected chi connectivity index (χ1v) is 7.00. The summed E-state index contributed by atoms with van der Waals surface area (Å²) in [5, 5.41) is 14.0. The Morgan fingerprint density at radius 2 is 2.19 bits per heavy atom. The molecule has 2 saturated heterocycles. The number of nitrogens with one attached hydrogen (secondary N) is 2. The molecule has 0 spiro atoms. The first kappa shape index (κ1) is 15.3. The number of aliphatic carboxylic acids is 1. The van der Waals surface area contributed by atoms with Crippen molar-refractivity contribution in [3.8, 4) is 0 Å². The molecule has 2 heterocycles. The number of amides is 4. The molecule has 0 bridgehead atoms. The number of piperidine rings is 1. The maximum absolute atomic E-state index is 12.1. The number of carbonyl (C=O) groups is 4. The summed E-state index contributed by atoms with van der Waals surface area (Å²) >= 11 is 0. The number of carbonyl (C=O) groups excluding carboxylic acids is 3. The van der Waals surface area contributed by atoms with E-state index in [0.29, 0.717) is 19.4 Å². The predicted octanol–water partition coefficient (Wildman–Crippen LogP) is -0.312. The second-order valence-electron chi connectivity index (χ2n) is 5.56. The van der Waals surface area contributed by atoms with Crippen molar-refractivity contribution in [3.05, 3.63) is 0 Å². The number of hydrogen-bond acceptors (Lipinski definition) is 4. The zero-order valence-electron chi connectivity index (χ0n) is 11.8. The highest BCUT2D eigenvalue weighted by Crippen LogP contribution is 2.34. The summed E-state index contributed by atoms with van der Waals surface area (Å²) in [4.78, 5) is 47.5. The van der Waals surface area contributed by atoms with E-state index in [1.807, 2.05) is 0 Å². The highest BCUT2D eigenvalue weighted by molar-refractivity contribution is 6.01. The van der Waals surface area contributed by atoms with Crippen LogP contribution >= 0.6 is 0 Å². The second-order valence-corrected chi connectivity index (χ2v) is 5.56. The Bertz CT molecular complexity index is 492. The van der Waals surface area contributed by atoms with Crippen LogP contribution in [0.15, 0.2) is 0 Å². The van der Waals surface area contributed by atoms with Crippen LogP contribution < -0.4 is 10.6 Å². The van der Waals surface area contributed by atoms with Gasteiger partial charge in [0.2, 0.25) is 11.8 Å². The van der Waals surface area contributed by atoms with Gasteiger partial charge in [-0.15, -0.1) is 0 Å². The Balaban J connectivity index is 1.95. The first-order valence-electron chi connectivity index (χ1n) is 7.00. The number of imide groups is 1. The third-order valence-corrected chi connectivity index (χ3v) is 4.31. The summed E-state index contributed by atoms with van der Waals surface area (Å²) < 4.78 is 0. The van der Waals surface area contributed by atoms with Crippen LogP contribution in [0.1, 0.15) is 32.6 Å². The number of nitrogens with zero attached hydrogens (tertiary/aromatic N) is 1. The number of rotatable bonds is 3. The van der Waals surface area contributed by atoms with Crippen LogP contribution in [0.25, 0.3) is 0 Å². The van der Waals surface area contributed by atoms with Gasteiger partial charge in [0.05, 0.1) is 5.41 Å². The lowest BCUT2D eigenvalue weighted by atomic mass is 9.84. The van der Waals surface area contributed by atoms with Crippen LogP contribution in [0.5, 0.6) is 0 Å².